The maximum Gasteiger partial charge on any atom is 0.257 e. The number of anilines is 1. The zero-order valence-corrected chi connectivity index (χ0v) is 18.1. The zero-order valence-electron chi connectivity index (χ0n) is 16.5. The minimum atomic E-state index is -4.04. The summed E-state index contributed by atoms with van der Waals surface area (Å²) in [5, 5.41) is 11.6. The Balaban J connectivity index is 1.78. The van der Waals surface area contributed by atoms with Crippen LogP contribution in [0.4, 0.5) is 9.52 Å². The Morgan fingerprint density at radius 3 is 2.47 bits per heavy atom. The van der Waals surface area contributed by atoms with E-state index in [0.717, 1.165) is 27.0 Å². The topological polar surface area (TPSA) is 92.3 Å². The van der Waals surface area contributed by atoms with Gasteiger partial charge in [0.1, 0.15) is 15.7 Å². The van der Waals surface area contributed by atoms with Crippen LogP contribution in [-0.4, -0.2) is 41.9 Å². The Labute approximate surface area is 178 Å². The predicted octanol–water partition coefficient (Wildman–Crippen LogP) is 3.55. The van der Waals surface area contributed by atoms with Gasteiger partial charge in [0, 0.05) is 25.1 Å². The lowest BCUT2D eigenvalue weighted by atomic mass is 10.2. The quantitative estimate of drug-likeness (QED) is 0.569. The lowest BCUT2D eigenvalue weighted by Crippen LogP contribution is -2.31. The van der Waals surface area contributed by atoms with E-state index >= 15 is 0 Å². The molecule has 0 spiro atoms. The first-order chi connectivity index (χ1) is 14.3. The van der Waals surface area contributed by atoms with Crippen molar-refractivity contribution in [1.82, 2.24) is 14.5 Å². The van der Waals surface area contributed by atoms with Crippen LogP contribution in [0.1, 0.15) is 34.8 Å². The van der Waals surface area contributed by atoms with E-state index in [1.807, 2.05) is 30.3 Å². The summed E-state index contributed by atoms with van der Waals surface area (Å²) in [7, 11) is -4.04. The number of carbonyl (C=O) groups is 1. The third-order valence-corrected chi connectivity index (χ3v) is 7.31. The summed E-state index contributed by atoms with van der Waals surface area (Å²) >= 11 is 1.22. The molecule has 1 heterocycles. The van der Waals surface area contributed by atoms with E-state index in [1.165, 1.54) is 17.4 Å². The van der Waals surface area contributed by atoms with Gasteiger partial charge in [0.2, 0.25) is 15.2 Å². The fraction of sp³-hybridized carbons (Fsp3) is 0.250. The van der Waals surface area contributed by atoms with E-state index in [2.05, 4.69) is 15.5 Å². The smallest absolute Gasteiger partial charge is 0.257 e. The standard InChI is InChI=1S/C20H21FN4O3S2/c1-3-25(4-2)30(27,28)17-13-15(10-11-16(17)21)19(26)22-20-24-23-18(29-20)12-14-8-6-5-7-9-14/h5-11,13H,3-4,12H2,1-2H3,(H,22,24,26). The number of halogens is 1. The van der Waals surface area contributed by atoms with Gasteiger partial charge < -0.3 is 0 Å². The number of rotatable bonds is 8. The number of sulfonamides is 1. The highest BCUT2D eigenvalue weighted by Crippen LogP contribution is 2.23. The number of nitrogens with one attached hydrogen (secondary N) is 1. The van der Waals surface area contributed by atoms with Crippen LogP contribution in [0.3, 0.4) is 0 Å². The molecule has 0 fully saturated rings. The molecule has 0 aliphatic heterocycles. The fourth-order valence-corrected chi connectivity index (χ4v) is 5.18. The molecule has 0 unspecified atom stereocenters. The van der Waals surface area contributed by atoms with Crippen LogP contribution < -0.4 is 5.32 Å². The summed E-state index contributed by atoms with van der Waals surface area (Å²) in [5.74, 6) is -1.49. The first-order valence-electron chi connectivity index (χ1n) is 9.32. The largest absolute Gasteiger partial charge is 0.296 e. The molecule has 158 valence electrons. The summed E-state index contributed by atoms with van der Waals surface area (Å²) < 4.78 is 40.7. The van der Waals surface area contributed by atoms with Crippen molar-refractivity contribution in [2.45, 2.75) is 25.2 Å². The molecular weight excluding hydrogens is 427 g/mol. The monoisotopic (exact) mass is 448 g/mol. The van der Waals surface area contributed by atoms with Gasteiger partial charge in [-0.15, -0.1) is 10.2 Å². The molecule has 1 amide bonds. The highest BCUT2D eigenvalue weighted by atomic mass is 32.2. The molecule has 0 saturated carbocycles. The number of aromatic nitrogens is 2. The predicted molar refractivity (Wildman–Crippen MR) is 114 cm³/mol. The molecule has 0 saturated heterocycles. The molecule has 2 aromatic carbocycles. The van der Waals surface area contributed by atoms with Crippen molar-refractivity contribution < 1.29 is 17.6 Å². The second-order valence-corrected chi connectivity index (χ2v) is 9.32. The third-order valence-electron chi connectivity index (χ3n) is 4.40. The van der Waals surface area contributed by atoms with Gasteiger partial charge >= 0.3 is 0 Å². The van der Waals surface area contributed by atoms with Gasteiger partial charge in [-0.3, -0.25) is 10.1 Å². The number of amides is 1. The molecule has 3 rings (SSSR count). The van der Waals surface area contributed by atoms with Crippen molar-refractivity contribution in [3.8, 4) is 0 Å². The molecule has 1 N–H and O–H groups in total. The molecule has 0 aliphatic carbocycles. The number of nitrogens with zero attached hydrogens (tertiary/aromatic N) is 3. The average Bonchev–Trinajstić information content (AvgIpc) is 3.16. The number of carbonyl (C=O) groups excluding carboxylic acids is 1. The molecule has 0 aliphatic rings. The molecule has 10 heteroatoms. The normalized spacial score (nSPS) is 11.6. The Kier molecular flexibility index (Phi) is 6.91. The lowest BCUT2D eigenvalue weighted by molar-refractivity contribution is 0.102. The van der Waals surface area contributed by atoms with Gasteiger partial charge in [-0.05, 0) is 23.8 Å². The Bertz CT molecular complexity index is 1130. The van der Waals surface area contributed by atoms with Crippen molar-refractivity contribution in [1.29, 1.82) is 0 Å². The summed E-state index contributed by atoms with van der Waals surface area (Å²) in [6.07, 6.45) is 0.581. The summed E-state index contributed by atoms with van der Waals surface area (Å²) in [6.45, 7) is 3.73. The molecular formula is C20H21FN4O3S2. The number of hydrogen-bond donors (Lipinski definition) is 1. The highest BCUT2D eigenvalue weighted by molar-refractivity contribution is 7.89. The van der Waals surface area contributed by atoms with Crippen LogP contribution in [0.15, 0.2) is 53.4 Å². The maximum absolute atomic E-state index is 14.2. The molecule has 7 nitrogen and oxygen atoms in total. The Hall–Kier alpha value is -2.69. The molecule has 0 bridgehead atoms. The average molecular weight is 449 g/mol. The van der Waals surface area contributed by atoms with Gasteiger partial charge in [-0.1, -0.05) is 55.5 Å². The first-order valence-corrected chi connectivity index (χ1v) is 11.6. The van der Waals surface area contributed by atoms with Crippen molar-refractivity contribution in [3.63, 3.8) is 0 Å². The second kappa shape index (κ2) is 9.41. The SMILES string of the molecule is CCN(CC)S(=O)(=O)c1cc(C(=O)Nc2nnc(Cc3ccccc3)s2)ccc1F. The van der Waals surface area contributed by atoms with E-state index in [9.17, 15) is 17.6 Å². The molecule has 0 radical (unpaired) electrons. The van der Waals surface area contributed by atoms with Crippen molar-refractivity contribution in [2.24, 2.45) is 0 Å². The second-order valence-electron chi connectivity index (χ2n) is 6.35. The third kappa shape index (κ3) is 4.89. The molecule has 30 heavy (non-hydrogen) atoms. The van der Waals surface area contributed by atoms with Crippen molar-refractivity contribution in [3.05, 3.63) is 70.5 Å². The Morgan fingerprint density at radius 1 is 1.10 bits per heavy atom. The molecule has 3 aromatic rings. The zero-order chi connectivity index (χ0) is 21.7. The minimum absolute atomic E-state index is 0.0157. The van der Waals surface area contributed by atoms with Crippen LogP contribution in [0.2, 0.25) is 0 Å². The summed E-state index contributed by atoms with van der Waals surface area (Å²) in [4.78, 5) is 12.1. The Morgan fingerprint density at radius 2 is 1.80 bits per heavy atom. The van der Waals surface area contributed by atoms with Gasteiger partial charge in [0.25, 0.3) is 5.91 Å². The van der Waals surface area contributed by atoms with Crippen LogP contribution >= 0.6 is 11.3 Å². The van der Waals surface area contributed by atoms with Crippen molar-refractivity contribution in [2.75, 3.05) is 18.4 Å². The van der Waals surface area contributed by atoms with Gasteiger partial charge in [-0.2, -0.15) is 4.31 Å². The van der Waals surface area contributed by atoms with E-state index < -0.39 is 26.6 Å². The van der Waals surface area contributed by atoms with E-state index in [4.69, 9.17) is 0 Å². The van der Waals surface area contributed by atoms with Gasteiger partial charge in [-0.25, -0.2) is 12.8 Å². The van der Waals surface area contributed by atoms with E-state index in [0.29, 0.717) is 6.42 Å². The first kappa shape index (κ1) is 22.0. The molecule has 0 atom stereocenters. The van der Waals surface area contributed by atoms with Crippen molar-refractivity contribution >= 4 is 32.4 Å². The minimum Gasteiger partial charge on any atom is -0.296 e. The van der Waals surface area contributed by atoms with Gasteiger partial charge in [0.05, 0.1) is 0 Å². The van der Waals surface area contributed by atoms with Crippen LogP contribution in [0, 0.1) is 5.82 Å². The van der Waals surface area contributed by atoms with Crippen LogP contribution in [0.5, 0.6) is 0 Å². The number of hydrogen-bond acceptors (Lipinski definition) is 6. The highest BCUT2D eigenvalue weighted by Gasteiger charge is 2.26. The number of benzene rings is 2. The van der Waals surface area contributed by atoms with Gasteiger partial charge in [0.15, 0.2) is 0 Å². The van der Waals surface area contributed by atoms with E-state index in [1.54, 1.807) is 13.8 Å². The molecule has 1 aromatic heterocycles. The van der Waals surface area contributed by atoms with Crippen LogP contribution in [-0.2, 0) is 16.4 Å². The van der Waals surface area contributed by atoms with E-state index in [-0.39, 0.29) is 23.8 Å². The lowest BCUT2D eigenvalue weighted by Gasteiger charge is -2.19. The maximum atomic E-state index is 14.2. The summed E-state index contributed by atoms with van der Waals surface area (Å²) in [6, 6.07) is 13.0. The summed E-state index contributed by atoms with van der Waals surface area (Å²) in [5.41, 5.74) is 1.08. The fourth-order valence-electron chi connectivity index (χ4n) is 2.86. The van der Waals surface area contributed by atoms with Crippen LogP contribution in [0.25, 0.3) is 0 Å².